The van der Waals surface area contributed by atoms with Crippen LogP contribution in [0.2, 0.25) is 0 Å². The molecular formula is C11H16ClF2N5O3. The van der Waals surface area contributed by atoms with Gasteiger partial charge in [0.25, 0.3) is 0 Å². The van der Waals surface area contributed by atoms with Gasteiger partial charge >= 0.3 is 5.70 Å². The SMILES string of the molecule is CO/C(N)=C(/C=C(\N)Cl)C(CC(F)F)N=CC(=CN)[N+](=O)[O-]. The van der Waals surface area contributed by atoms with Crippen molar-refractivity contribution in [3.8, 4) is 0 Å². The molecule has 0 saturated heterocycles. The third-order valence-electron chi connectivity index (χ3n) is 2.33. The van der Waals surface area contributed by atoms with Gasteiger partial charge in [0.1, 0.15) is 6.21 Å². The molecule has 0 fully saturated rings. The maximum absolute atomic E-state index is 12.7. The van der Waals surface area contributed by atoms with Gasteiger partial charge in [0, 0.05) is 12.0 Å². The summed E-state index contributed by atoms with van der Waals surface area (Å²) < 4.78 is 30.1. The second-order valence-electron chi connectivity index (χ2n) is 3.82. The van der Waals surface area contributed by atoms with Gasteiger partial charge < -0.3 is 21.9 Å². The molecule has 6 N–H and O–H groups in total. The van der Waals surface area contributed by atoms with E-state index in [4.69, 9.17) is 33.5 Å². The molecule has 11 heteroatoms. The first-order chi connectivity index (χ1) is 10.2. The zero-order valence-corrected chi connectivity index (χ0v) is 12.3. The monoisotopic (exact) mass is 339 g/mol. The number of hydrogen-bond donors (Lipinski definition) is 3. The maximum atomic E-state index is 12.7. The molecule has 0 aliphatic carbocycles. The van der Waals surface area contributed by atoms with E-state index in [0.29, 0.717) is 6.20 Å². The minimum atomic E-state index is -2.76. The summed E-state index contributed by atoms with van der Waals surface area (Å²) in [6.45, 7) is 0. The summed E-state index contributed by atoms with van der Waals surface area (Å²) in [5.74, 6) is -0.245. The highest BCUT2D eigenvalue weighted by Crippen LogP contribution is 2.20. The van der Waals surface area contributed by atoms with Crippen molar-refractivity contribution in [1.29, 1.82) is 0 Å². The third-order valence-corrected chi connectivity index (χ3v) is 2.44. The predicted molar refractivity (Wildman–Crippen MR) is 78.5 cm³/mol. The van der Waals surface area contributed by atoms with Crippen LogP contribution in [0.1, 0.15) is 6.42 Å². The Hall–Kier alpha value is -2.36. The fourth-order valence-corrected chi connectivity index (χ4v) is 1.47. The molecule has 1 unspecified atom stereocenters. The van der Waals surface area contributed by atoms with Crippen molar-refractivity contribution < 1.29 is 18.4 Å². The highest BCUT2D eigenvalue weighted by Gasteiger charge is 2.21. The molecule has 0 radical (unpaired) electrons. The van der Waals surface area contributed by atoms with Crippen molar-refractivity contribution in [1.82, 2.24) is 0 Å². The molecule has 0 rings (SSSR count). The molecule has 0 aliphatic heterocycles. The van der Waals surface area contributed by atoms with E-state index >= 15 is 0 Å². The van der Waals surface area contributed by atoms with Crippen molar-refractivity contribution >= 4 is 17.8 Å². The molecule has 0 aromatic carbocycles. The van der Waals surface area contributed by atoms with E-state index in [2.05, 4.69) is 4.99 Å². The van der Waals surface area contributed by atoms with E-state index in [1.54, 1.807) is 0 Å². The van der Waals surface area contributed by atoms with Crippen molar-refractivity contribution in [3.63, 3.8) is 0 Å². The summed E-state index contributed by atoms with van der Waals surface area (Å²) in [5, 5.41) is 10.4. The molecule has 0 aromatic rings. The summed E-state index contributed by atoms with van der Waals surface area (Å²) in [6, 6.07) is -1.26. The lowest BCUT2D eigenvalue weighted by Crippen LogP contribution is -2.19. The Kier molecular flexibility index (Phi) is 8.53. The van der Waals surface area contributed by atoms with Gasteiger partial charge in [0.05, 0.1) is 29.4 Å². The van der Waals surface area contributed by atoms with E-state index in [1.165, 1.54) is 7.11 Å². The summed E-state index contributed by atoms with van der Waals surface area (Å²) in [5.41, 5.74) is 15.3. The first kappa shape index (κ1) is 19.6. The van der Waals surface area contributed by atoms with E-state index < -0.39 is 29.5 Å². The van der Waals surface area contributed by atoms with Crippen LogP contribution in [0, 0.1) is 10.1 Å². The lowest BCUT2D eigenvalue weighted by molar-refractivity contribution is -0.414. The first-order valence-corrected chi connectivity index (χ1v) is 6.14. The van der Waals surface area contributed by atoms with Crippen molar-refractivity contribution in [2.24, 2.45) is 22.2 Å². The molecule has 1 atom stereocenters. The van der Waals surface area contributed by atoms with E-state index in [9.17, 15) is 18.9 Å². The molecule has 0 aliphatic rings. The first-order valence-electron chi connectivity index (χ1n) is 5.76. The fraction of sp³-hybridized carbons (Fsp3) is 0.364. The van der Waals surface area contributed by atoms with Crippen molar-refractivity contribution in [3.05, 3.63) is 44.7 Å². The van der Waals surface area contributed by atoms with E-state index in [-0.39, 0.29) is 16.6 Å². The zero-order chi connectivity index (χ0) is 17.3. The number of nitro groups is 1. The van der Waals surface area contributed by atoms with Crippen LogP contribution >= 0.6 is 11.6 Å². The second kappa shape index (κ2) is 9.55. The maximum Gasteiger partial charge on any atom is 0.302 e. The molecule has 8 nitrogen and oxygen atoms in total. The zero-order valence-electron chi connectivity index (χ0n) is 11.6. The molecule has 0 spiro atoms. The Morgan fingerprint density at radius 1 is 1.50 bits per heavy atom. The van der Waals surface area contributed by atoms with Crippen LogP contribution in [0.15, 0.2) is 39.6 Å². The van der Waals surface area contributed by atoms with E-state index in [1.807, 2.05) is 0 Å². The highest BCUT2D eigenvalue weighted by molar-refractivity contribution is 6.29. The summed E-state index contributed by atoms with van der Waals surface area (Å²) in [6.07, 6.45) is -1.02. The molecule has 124 valence electrons. The number of nitrogens with two attached hydrogens (primary N) is 3. The average molecular weight is 340 g/mol. The number of alkyl halides is 2. The number of aliphatic imine (C=N–C) groups is 1. The van der Waals surface area contributed by atoms with Crippen LogP contribution in [0.5, 0.6) is 0 Å². The highest BCUT2D eigenvalue weighted by atomic mass is 35.5. The van der Waals surface area contributed by atoms with Gasteiger partial charge in [-0.05, 0) is 6.08 Å². The number of nitrogens with zero attached hydrogens (tertiary/aromatic N) is 2. The topological polar surface area (TPSA) is 143 Å². The van der Waals surface area contributed by atoms with Crippen LogP contribution < -0.4 is 17.2 Å². The Balaban J connectivity index is 5.74. The van der Waals surface area contributed by atoms with Crippen molar-refractivity contribution in [2.45, 2.75) is 18.9 Å². The molecule has 22 heavy (non-hydrogen) atoms. The number of ether oxygens (including phenoxy) is 1. The van der Waals surface area contributed by atoms with Gasteiger partial charge in [0.15, 0.2) is 5.88 Å². The second-order valence-corrected chi connectivity index (χ2v) is 4.26. The van der Waals surface area contributed by atoms with Gasteiger partial charge in [-0.25, -0.2) is 8.78 Å². The van der Waals surface area contributed by atoms with Gasteiger partial charge in [-0.1, -0.05) is 11.6 Å². The molecular weight excluding hydrogens is 324 g/mol. The van der Waals surface area contributed by atoms with Gasteiger partial charge in [-0.2, -0.15) is 0 Å². The minimum absolute atomic E-state index is 0.0359. The quantitative estimate of drug-likeness (QED) is 0.150. The molecule has 0 amide bonds. The van der Waals surface area contributed by atoms with Crippen molar-refractivity contribution in [2.75, 3.05) is 7.11 Å². The lowest BCUT2D eigenvalue weighted by Gasteiger charge is -2.15. The Morgan fingerprint density at radius 3 is 2.45 bits per heavy atom. The van der Waals surface area contributed by atoms with Gasteiger partial charge in [-0.3, -0.25) is 15.1 Å². The van der Waals surface area contributed by atoms with Crippen LogP contribution in [-0.4, -0.2) is 30.7 Å². The van der Waals surface area contributed by atoms with E-state index in [0.717, 1.165) is 12.3 Å². The predicted octanol–water partition coefficient (Wildman–Crippen LogP) is 1.01. The molecule has 0 saturated carbocycles. The minimum Gasteiger partial charge on any atom is -0.482 e. The Labute approximate surface area is 130 Å². The molecule has 0 bridgehead atoms. The number of rotatable bonds is 8. The average Bonchev–Trinajstić information content (AvgIpc) is 2.42. The Bertz CT molecular complexity index is 516. The summed E-state index contributed by atoms with van der Waals surface area (Å²) in [4.78, 5) is 13.5. The van der Waals surface area contributed by atoms with Gasteiger partial charge in [-0.15, -0.1) is 0 Å². The number of methoxy groups -OCH3 is 1. The normalized spacial score (nSPS) is 15.9. The lowest BCUT2D eigenvalue weighted by atomic mass is 10.0. The third kappa shape index (κ3) is 6.88. The number of halogens is 3. The number of allylic oxidation sites excluding steroid dienone is 1. The molecule has 0 heterocycles. The fourth-order valence-electron chi connectivity index (χ4n) is 1.35. The van der Waals surface area contributed by atoms with Crippen LogP contribution in [-0.2, 0) is 4.74 Å². The summed E-state index contributed by atoms with van der Waals surface area (Å²) in [7, 11) is 1.21. The summed E-state index contributed by atoms with van der Waals surface area (Å²) >= 11 is 5.51. The smallest absolute Gasteiger partial charge is 0.302 e. The standard InChI is InChI=1S/C11H16ClF2N5O3/c1-22-11(17)7(2-9(12)16)8(3-10(13)14)18-5-6(4-15)19(20)21/h2,4-5,8,10H,3,15-17H2,1H3/b6-4?,9-2-,11-7-,18-5?. The van der Waals surface area contributed by atoms with Gasteiger partial charge in [0.2, 0.25) is 6.43 Å². The van der Waals surface area contributed by atoms with Crippen LogP contribution in [0.3, 0.4) is 0 Å². The van der Waals surface area contributed by atoms with Crippen LogP contribution in [0.25, 0.3) is 0 Å². The van der Waals surface area contributed by atoms with Crippen LogP contribution in [0.4, 0.5) is 8.78 Å². The largest absolute Gasteiger partial charge is 0.482 e. The molecule has 0 aromatic heterocycles. The Morgan fingerprint density at radius 2 is 2.09 bits per heavy atom. The number of hydrogen-bond acceptors (Lipinski definition) is 7.